The van der Waals surface area contributed by atoms with Crippen LogP contribution in [0.4, 0.5) is 16.2 Å². The van der Waals surface area contributed by atoms with E-state index in [-0.39, 0.29) is 11.3 Å². The third kappa shape index (κ3) is 2.93. The van der Waals surface area contributed by atoms with Gasteiger partial charge >= 0.3 is 6.16 Å². The highest BCUT2D eigenvalue weighted by molar-refractivity contribution is 6.07. The van der Waals surface area contributed by atoms with E-state index in [1.54, 1.807) is 0 Å². The number of carbonyl (C=O) groups excluding carboxylic acids is 1. The zero-order valence-corrected chi connectivity index (χ0v) is 14.3. The summed E-state index contributed by atoms with van der Waals surface area (Å²) >= 11 is 0. The first-order valence-electron chi connectivity index (χ1n) is 8.79. The predicted octanol–water partition coefficient (Wildman–Crippen LogP) is 1.71. The van der Waals surface area contributed by atoms with Crippen molar-refractivity contribution in [3.63, 3.8) is 0 Å². The minimum atomic E-state index is -1.40. The van der Waals surface area contributed by atoms with Crippen molar-refractivity contribution in [1.82, 2.24) is 5.32 Å². The smallest absolute Gasteiger partial charge is 0.450 e. The standard InChI is InChI=1S/C18H23N3O4/c1-18(4-5-18)21-11-15(25-17(23)24)16(22)13-3-2-12(10-14(13)21)20-8-6-19-7-9-20/h2-3,10,15,19H,4-9,11H2,1H3,(H,23,24). The summed E-state index contributed by atoms with van der Waals surface area (Å²) in [7, 11) is 0. The molecule has 0 radical (unpaired) electrons. The molecule has 4 rings (SSSR count). The van der Waals surface area contributed by atoms with Crippen molar-refractivity contribution in [3.05, 3.63) is 23.8 Å². The van der Waals surface area contributed by atoms with Crippen LogP contribution in [-0.4, -0.2) is 61.4 Å². The van der Waals surface area contributed by atoms with Crippen LogP contribution in [-0.2, 0) is 4.74 Å². The first-order chi connectivity index (χ1) is 12.0. The molecule has 2 aliphatic heterocycles. The molecule has 1 saturated heterocycles. The molecule has 0 bridgehead atoms. The molecule has 1 saturated carbocycles. The van der Waals surface area contributed by atoms with Gasteiger partial charge in [-0.25, -0.2) is 4.79 Å². The van der Waals surface area contributed by atoms with E-state index in [9.17, 15) is 9.59 Å². The summed E-state index contributed by atoms with van der Waals surface area (Å²) in [6, 6.07) is 5.86. The number of piperazine rings is 1. The molecule has 0 aromatic heterocycles. The highest BCUT2D eigenvalue weighted by atomic mass is 16.7. The van der Waals surface area contributed by atoms with Crippen LogP contribution < -0.4 is 15.1 Å². The zero-order valence-electron chi connectivity index (χ0n) is 14.3. The lowest BCUT2D eigenvalue weighted by molar-refractivity contribution is 0.0422. The molecule has 7 heteroatoms. The van der Waals surface area contributed by atoms with Crippen molar-refractivity contribution in [2.24, 2.45) is 0 Å². The first kappa shape index (κ1) is 16.2. The Kier molecular flexibility index (Phi) is 3.83. The van der Waals surface area contributed by atoms with E-state index in [2.05, 4.69) is 28.1 Å². The highest BCUT2D eigenvalue weighted by Gasteiger charge is 2.48. The van der Waals surface area contributed by atoms with E-state index in [0.29, 0.717) is 12.1 Å². The van der Waals surface area contributed by atoms with Gasteiger partial charge in [-0.05, 0) is 38.0 Å². The van der Waals surface area contributed by atoms with E-state index < -0.39 is 12.3 Å². The third-order valence-corrected chi connectivity index (χ3v) is 5.53. The quantitative estimate of drug-likeness (QED) is 0.807. The monoisotopic (exact) mass is 345 g/mol. The summed E-state index contributed by atoms with van der Waals surface area (Å²) in [5.74, 6) is -0.246. The molecule has 3 aliphatic rings. The second kappa shape index (κ2) is 5.91. The molecular weight excluding hydrogens is 322 g/mol. The lowest BCUT2D eigenvalue weighted by Gasteiger charge is -2.40. The molecule has 0 amide bonds. The minimum absolute atomic E-state index is 0.0162. The van der Waals surface area contributed by atoms with Crippen LogP contribution in [0.2, 0.25) is 0 Å². The van der Waals surface area contributed by atoms with Gasteiger partial charge in [-0.1, -0.05) is 0 Å². The second-order valence-corrected chi connectivity index (χ2v) is 7.28. The Balaban J connectivity index is 1.70. The number of fused-ring (bicyclic) bond motifs is 1. The number of hydrogen-bond acceptors (Lipinski definition) is 6. The van der Waals surface area contributed by atoms with E-state index in [0.717, 1.165) is 50.4 Å². The summed E-state index contributed by atoms with van der Waals surface area (Å²) in [5.41, 5.74) is 2.56. The zero-order chi connectivity index (χ0) is 17.6. The van der Waals surface area contributed by atoms with E-state index in [1.807, 2.05) is 12.1 Å². The largest absolute Gasteiger partial charge is 0.506 e. The minimum Gasteiger partial charge on any atom is -0.450 e. The third-order valence-electron chi connectivity index (χ3n) is 5.53. The molecule has 134 valence electrons. The average molecular weight is 345 g/mol. The Morgan fingerprint density at radius 2 is 2.04 bits per heavy atom. The SMILES string of the molecule is CC1(N2CC(OC(=O)O)C(=O)c3ccc(N4CCNCC4)cc32)CC1. The summed E-state index contributed by atoms with van der Waals surface area (Å²) < 4.78 is 4.87. The normalized spacial score (nSPS) is 24.7. The van der Waals surface area contributed by atoms with E-state index in [1.165, 1.54) is 0 Å². The Morgan fingerprint density at radius 1 is 1.32 bits per heavy atom. The van der Waals surface area contributed by atoms with Crippen molar-refractivity contribution in [1.29, 1.82) is 0 Å². The summed E-state index contributed by atoms with van der Waals surface area (Å²) in [6.45, 7) is 6.23. The van der Waals surface area contributed by atoms with Crippen LogP contribution in [0.25, 0.3) is 0 Å². The number of carbonyl (C=O) groups is 2. The van der Waals surface area contributed by atoms with Crippen molar-refractivity contribution < 1.29 is 19.4 Å². The first-order valence-corrected chi connectivity index (χ1v) is 8.79. The van der Waals surface area contributed by atoms with E-state index in [4.69, 9.17) is 9.84 Å². The number of carboxylic acid groups (broad SMARTS) is 1. The van der Waals surface area contributed by atoms with Gasteiger partial charge < -0.3 is 25.0 Å². The van der Waals surface area contributed by atoms with Crippen LogP contribution >= 0.6 is 0 Å². The fourth-order valence-corrected chi connectivity index (χ4v) is 3.77. The van der Waals surface area contributed by atoms with Crippen molar-refractivity contribution in [2.75, 3.05) is 42.5 Å². The summed E-state index contributed by atoms with van der Waals surface area (Å²) in [5, 5.41) is 12.3. The average Bonchev–Trinajstić information content (AvgIpc) is 3.36. The number of benzene rings is 1. The number of nitrogens with zero attached hydrogens (tertiary/aromatic N) is 2. The summed E-state index contributed by atoms with van der Waals surface area (Å²) in [4.78, 5) is 28.1. The number of rotatable bonds is 3. The number of nitrogens with one attached hydrogen (secondary N) is 1. The van der Waals surface area contributed by atoms with Gasteiger partial charge in [0.05, 0.1) is 12.2 Å². The van der Waals surface area contributed by atoms with Crippen LogP contribution in [0.15, 0.2) is 18.2 Å². The molecule has 25 heavy (non-hydrogen) atoms. The van der Waals surface area contributed by atoms with Gasteiger partial charge in [-0.15, -0.1) is 0 Å². The van der Waals surface area contributed by atoms with Crippen molar-refractivity contribution >= 4 is 23.3 Å². The number of ketones is 1. The van der Waals surface area contributed by atoms with Gasteiger partial charge in [0.15, 0.2) is 6.10 Å². The second-order valence-electron chi connectivity index (χ2n) is 7.28. The molecular formula is C18H23N3O4. The van der Waals surface area contributed by atoms with Crippen molar-refractivity contribution in [2.45, 2.75) is 31.4 Å². The maximum absolute atomic E-state index is 12.7. The van der Waals surface area contributed by atoms with Gasteiger partial charge in [-0.3, -0.25) is 4.79 Å². The summed E-state index contributed by atoms with van der Waals surface area (Å²) in [6.07, 6.45) is -0.274. The number of ether oxygens (including phenoxy) is 1. The maximum Gasteiger partial charge on any atom is 0.506 e. The molecule has 2 N–H and O–H groups in total. The molecule has 2 heterocycles. The van der Waals surface area contributed by atoms with Crippen LogP contribution in [0.5, 0.6) is 0 Å². The lowest BCUT2D eigenvalue weighted by Crippen LogP contribution is -2.50. The molecule has 1 aromatic rings. The van der Waals surface area contributed by atoms with Crippen LogP contribution in [0, 0.1) is 0 Å². The predicted molar refractivity (Wildman–Crippen MR) is 93.7 cm³/mol. The number of anilines is 2. The maximum atomic E-state index is 12.7. The van der Waals surface area contributed by atoms with Gasteiger partial charge in [0, 0.05) is 43.0 Å². The van der Waals surface area contributed by atoms with Gasteiger partial charge in [-0.2, -0.15) is 0 Å². The Labute approximate surface area is 146 Å². The van der Waals surface area contributed by atoms with E-state index >= 15 is 0 Å². The Bertz CT molecular complexity index is 710. The fraction of sp³-hybridized carbons (Fsp3) is 0.556. The van der Waals surface area contributed by atoms with Crippen molar-refractivity contribution in [3.8, 4) is 0 Å². The molecule has 7 nitrogen and oxygen atoms in total. The van der Waals surface area contributed by atoms with Gasteiger partial charge in [0.1, 0.15) is 0 Å². The topological polar surface area (TPSA) is 82.1 Å². The van der Waals surface area contributed by atoms with Gasteiger partial charge in [0.2, 0.25) is 5.78 Å². The Morgan fingerprint density at radius 3 is 2.68 bits per heavy atom. The molecule has 1 unspecified atom stereocenters. The molecule has 1 aromatic carbocycles. The van der Waals surface area contributed by atoms with Gasteiger partial charge in [0.25, 0.3) is 0 Å². The highest BCUT2D eigenvalue weighted by Crippen LogP contribution is 2.47. The number of Topliss-reactive ketones (excluding diaryl/α,β-unsaturated/α-hetero) is 1. The molecule has 1 atom stereocenters. The molecule has 2 fully saturated rings. The van der Waals surface area contributed by atoms with Crippen LogP contribution in [0.1, 0.15) is 30.1 Å². The number of hydrogen-bond donors (Lipinski definition) is 2. The molecule has 1 aliphatic carbocycles. The fourth-order valence-electron chi connectivity index (χ4n) is 3.77. The van der Waals surface area contributed by atoms with Crippen LogP contribution in [0.3, 0.4) is 0 Å². The molecule has 0 spiro atoms. The Hall–Kier alpha value is -2.28. The lowest BCUT2D eigenvalue weighted by atomic mass is 9.95.